The number of aromatic nitrogens is 4. The van der Waals surface area contributed by atoms with E-state index in [1.165, 1.54) is 16.3 Å². The second kappa shape index (κ2) is 7.92. The van der Waals surface area contributed by atoms with Crippen LogP contribution in [-0.4, -0.2) is 30.3 Å². The van der Waals surface area contributed by atoms with Crippen LogP contribution in [0.5, 0.6) is 0 Å². The Morgan fingerprint density at radius 1 is 1.17 bits per heavy atom. The third-order valence-electron chi connectivity index (χ3n) is 4.48. The molecule has 0 fully saturated rings. The van der Waals surface area contributed by atoms with Gasteiger partial charge in [0.2, 0.25) is 11.7 Å². The number of rotatable bonds is 6. The van der Waals surface area contributed by atoms with Gasteiger partial charge >= 0.3 is 0 Å². The molecular weight excluding hydrogens is 386 g/mol. The van der Waals surface area contributed by atoms with Gasteiger partial charge in [0.05, 0.1) is 16.2 Å². The van der Waals surface area contributed by atoms with E-state index in [9.17, 15) is 9.59 Å². The number of benzene rings is 2. The van der Waals surface area contributed by atoms with Gasteiger partial charge in [0.15, 0.2) is 5.16 Å². The number of nitrogens with one attached hydrogen (secondary N) is 1. The van der Waals surface area contributed by atoms with Gasteiger partial charge in [0, 0.05) is 12.2 Å². The predicted molar refractivity (Wildman–Crippen MR) is 115 cm³/mol. The van der Waals surface area contributed by atoms with Crippen LogP contribution in [0, 0.1) is 0 Å². The highest BCUT2D eigenvalue weighted by Crippen LogP contribution is 2.25. The number of thioether (sulfide) groups is 1. The Bertz CT molecular complexity index is 1260. The first-order valence-electron chi connectivity index (χ1n) is 9.10. The minimum Gasteiger partial charge on any atom is -0.325 e. The average molecular weight is 405 g/mol. The molecular formula is C21H19N5O2S. The van der Waals surface area contributed by atoms with Crippen molar-refractivity contribution >= 4 is 40.0 Å². The van der Waals surface area contributed by atoms with Gasteiger partial charge in [-0.2, -0.15) is 0 Å². The monoisotopic (exact) mass is 405 g/mol. The van der Waals surface area contributed by atoms with Crippen molar-refractivity contribution in [3.8, 4) is 0 Å². The molecule has 4 rings (SSSR count). The number of hydrogen-bond donors (Lipinski definition) is 1. The van der Waals surface area contributed by atoms with E-state index < -0.39 is 5.25 Å². The van der Waals surface area contributed by atoms with E-state index in [0.717, 1.165) is 5.69 Å². The van der Waals surface area contributed by atoms with Gasteiger partial charge in [0.25, 0.3) is 5.56 Å². The molecule has 0 saturated carbocycles. The molecule has 1 atom stereocenters. The molecule has 0 aliphatic carbocycles. The summed E-state index contributed by atoms with van der Waals surface area (Å²) in [4.78, 5) is 25.4. The fraction of sp³-hybridized carbons (Fsp3) is 0.143. The zero-order valence-electron chi connectivity index (χ0n) is 15.8. The van der Waals surface area contributed by atoms with Crippen LogP contribution in [0.15, 0.2) is 77.2 Å². The maximum absolute atomic E-state index is 12.8. The molecule has 8 heteroatoms. The smallest absolute Gasteiger partial charge is 0.263 e. The van der Waals surface area contributed by atoms with Crippen LogP contribution >= 0.6 is 11.8 Å². The minimum absolute atomic E-state index is 0.137. The zero-order valence-corrected chi connectivity index (χ0v) is 16.6. The molecule has 146 valence electrons. The fourth-order valence-electron chi connectivity index (χ4n) is 3.08. The SMILES string of the molecule is C=CCn1c(=O)c2ccccc2n2c(S[C@H](C)C(=O)Nc3ccccc3)nnc12. The van der Waals surface area contributed by atoms with Gasteiger partial charge in [0.1, 0.15) is 0 Å². The lowest BCUT2D eigenvalue weighted by Gasteiger charge is -2.12. The number of anilines is 1. The minimum atomic E-state index is -0.416. The molecule has 0 spiro atoms. The Hall–Kier alpha value is -3.39. The molecule has 4 aromatic rings. The molecule has 0 aliphatic rings. The summed E-state index contributed by atoms with van der Waals surface area (Å²) in [5.41, 5.74) is 1.30. The third kappa shape index (κ3) is 3.54. The largest absolute Gasteiger partial charge is 0.325 e. The third-order valence-corrected chi connectivity index (χ3v) is 5.53. The topological polar surface area (TPSA) is 81.3 Å². The lowest BCUT2D eigenvalue weighted by Crippen LogP contribution is -2.24. The summed E-state index contributed by atoms with van der Waals surface area (Å²) >= 11 is 1.29. The maximum Gasteiger partial charge on any atom is 0.263 e. The standard InChI is InChI=1S/C21H19N5O2S/c1-3-13-25-19(28)16-11-7-8-12-17(16)26-20(25)23-24-21(26)29-14(2)18(27)22-15-9-5-4-6-10-15/h3-12,14H,1,13H2,2H3,(H,22,27)/t14-/m1/s1. The molecule has 0 bridgehead atoms. The average Bonchev–Trinajstić information content (AvgIpc) is 3.15. The van der Waals surface area contributed by atoms with Gasteiger partial charge in [-0.3, -0.25) is 18.6 Å². The van der Waals surface area contributed by atoms with E-state index in [1.807, 2.05) is 59.9 Å². The molecule has 29 heavy (non-hydrogen) atoms. The molecule has 2 aromatic heterocycles. The quantitative estimate of drug-likeness (QED) is 0.393. The van der Waals surface area contributed by atoms with Crippen molar-refractivity contribution in [2.45, 2.75) is 23.9 Å². The molecule has 7 nitrogen and oxygen atoms in total. The normalized spacial score (nSPS) is 12.2. The Morgan fingerprint density at radius 3 is 2.66 bits per heavy atom. The van der Waals surface area contributed by atoms with Gasteiger partial charge in [-0.15, -0.1) is 16.8 Å². The number of nitrogens with zero attached hydrogens (tertiary/aromatic N) is 4. The molecule has 0 saturated heterocycles. The Morgan fingerprint density at radius 2 is 1.90 bits per heavy atom. The molecule has 0 radical (unpaired) electrons. The first-order valence-corrected chi connectivity index (χ1v) is 9.98. The zero-order chi connectivity index (χ0) is 20.4. The van der Waals surface area contributed by atoms with E-state index in [-0.39, 0.29) is 11.5 Å². The van der Waals surface area contributed by atoms with E-state index in [1.54, 1.807) is 12.1 Å². The number of allylic oxidation sites excluding steroid dienone is 1. The molecule has 2 aromatic carbocycles. The van der Waals surface area contributed by atoms with Gasteiger partial charge in [-0.1, -0.05) is 48.2 Å². The highest BCUT2D eigenvalue weighted by atomic mass is 32.2. The summed E-state index contributed by atoms with van der Waals surface area (Å²) < 4.78 is 3.35. The molecule has 2 heterocycles. The van der Waals surface area contributed by atoms with Gasteiger partial charge in [-0.05, 0) is 31.2 Å². The van der Waals surface area contributed by atoms with E-state index in [2.05, 4.69) is 22.1 Å². The van der Waals surface area contributed by atoms with Crippen LogP contribution in [0.25, 0.3) is 16.7 Å². The highest BCUT2D eigenvalue weighted by Gasteiger charge is 2.21. The number of carbonyl (C=O) groups is 1. The van der Waals surface area contributed by atoms with Crippen molar-refractivity contribution < 1.29 is 4.79 Å². The summed E-state index contributed by atoms with van der Waals surface area (Å²) in [6.45, 7) is 5.86. The maximum atomic E-state index is 12.8. The van der Waals surface area contributed by atoms with Crippen molar-refractivity contribution in [2.24, 2.45) is 0 Å². The summed E-state index contributed by atoms with van der Waals surface area (Å²) in [7, 11) is 0. The van der Waals surface area contributed by atoms with Crippen LogP contribution in [-0.2, 0) is 11.3 Å². The Balaban J connectivity index is 1.74. The van der Waals surface area contributed by atoms with Gasteiger partial charge in [-0.25, -0.2) is 0 Å². The van der Waals surface area contributed by atoms with Crippen LogP contribution in [0.4, 0.5) is 5.69 Å². The first kappa shape index (κ1) is 18.9. The van der Waals surface area contributed by atoms with Crippen LogP contribution in [0.3, 0.4) is 0 Å². The van der Waals surface area contributed by atoms with Crippen molar-refractivity contribution in [3.05, 3.63) is 77.6 Å². The molecule has 0 aliphatic heterocycles. The van der Waals surface area contributed by atoms with E-state index >= 15 is 0 Å². The van der Waals surface area contributed by atoms with Crippen molar-refractivity contribution in [3.63, 3.8) is 0 Å². The highest BCUT2D eigenvalue weighted by molar-refractivity contribution is 8.00. The number of para-hydroxylation sites is 2. The van der Waals surface area contributed by atoms with E-state index in [0.29, 0.717) is 28.4 Å². The molecule has 0 unspecified atom stereocenters. The van der Waals surface area contributed by atoms with Gasteiger partial charge < -0.3 is 5.32 Å². The summed E-state index contributed by atoms with van der Waals surface area (Å²) in [5.74, 6) is 0.286. The van der Waals surface area contributed by atoms with Crippen molar-refractivity contribution in [2.75, 3.05) is 5.32 Å². The summed E-state index contributed by atoms with van der Waals surface area (Å²) in [5, 5.41) is 12.1. The first-order chi connectivity index (χ1) is 14.1. The number of carbonyl (C=O) groups excluding carboxylic acids is 1. The molecule has 1 amide bonds. The van der Waals surface area contributed by atoms with Crippen molar-refractivity contribution in [1.82, 2.24) is 19.2 Å². The summed E-state index contributed by atoms with van der Waals surface area (Å²) in [6.07, 6.45) is 1.65. The lowest BCUT2D eigenvalue weighted by atomic mass is 10.2. The predicted octanol–water partition coefficient (Wildman–Crippen LogP) is 3.35. The van der Waals surface area contributed by atoms with Crippen LogP contribution in [0.2, 0.25) is 0 Å². The summed E-state index contributed by atoms with van der Waals surface area (Å²) in [6, 6.07) is 16.6. The molecule has 1 N–H and O–H groups in total. The van der Waals surface area contributed by atoms with Crippen molar-refractivity contribution in [1.29, 1.82) is 0 Å². The van der Waals surface area contributed by atoms with E-state index in [4.69, 9.17) is 0 Å². The number of fused-ring (bicyclic) bond motifs is 3. The number of hydrogen-bond acceptors (Lipinski definition) is 5. The lowest BCUT2D eigenvalue weighted by molar-refractivity contribution is -0.115. The van der Waals surface area contributed by atoms with Crippen LogP contribution in [0.1, 0.15) is 6.92 Å². The fourth-order valence-corrected chi connectivity index (χ4v) is 3.94. The Kier molecular flexibility index (Phi) is 5.18. The van der Waals surface area contributed by atoms with Crippen LogP contribution < -0.4 is 10.9 Å². The Labute approximate surface area is 171 Å². The second-order valence-electron chi connectivity index (χ2n) is 6.45. The second-order valence-corrected chi connectivity index (χ2v) is 7.76. The number of amides is 1.